The first-order valence-corrected chi connectivity index (χ1v) is 8.66. The lowest BCUT2D eigenvalue weighted by Crippen LogP contribution is -2.41. The minimum Gasteiger partial charge on any atom is -0.350 e. The van der Waals surface area contributed by atoms with Gasteiger partial charge in [0.05, 0.1) is 11.1 Å². The Labute approximate surface area is 160 Å². The highest BCUT2D eigenvalue weighted by atomic mass is 35.5. The SMILES string of the molecule is CC(NC(=O)NCCNC(=O)c1ccccc1)c1cc(F)c(Cl)cc1Cl. The van der Waals surface area contributed by atoms with Gasteiger partial charge in [0.1, 0.15) is 5.82 Å². The van der Waals surface area contributed by atoms with Crippen LogP contribution in [0.5, 0.6) is 0 Å². The first kappa shape index (κ1) is 20.0. The van der Waals surface area contributed by atoms with E-state index in [1.807, 2.05) is 6.07 Å². The molecular formula is C18H18Cl2FN3O2. The van der Waals surface area contributed by atoms with Gasteiger partial charge >= 0.3 is 6.03 Å². The van der Waals surface area contributed by atoms with Gasteiger partial charge < -0.3 is 16.0 Å². The zero-order valence-corrected chi connectivity index (χ0v) is 15.5. The average molecular weight is 398 g/mol. The number of rotatable bonds is 6. The number of hydrogen-bond acceptors (Lipinski definition) is 2. The van der Waals surface area contributed by atoms with Gasteiger partial charge in [-0.15, -0.1) is 0 Å². The topological polar surface area (TPSA) is 70.2 Å². The van der Waals surface area contributed by atoms with E-state index in [1.165, 1.54) is 12.1 Å². The van der Waals surface area contributed by atoms with Gasteiger partial charge in [0.15, 0.2) is 0 Å². The number of amides is 3. The molecule has 0 saturated carbocycles. The molecule has 0 aliphatic heterocycles. The first-order valence-electron chi connectivity index (χ1n) is 7.90. The van der Waals surface area contributed by atoms with Gasteiger partial charge in [0.25, 0.3) is 5.91 Å². The van der Waals surface area contributed by atoms with Crippen LogP contribution in [0.25, 0.3) is 0 Å². The van der Waals surface area contributed by atoms with E-state index in [4.69, 9.17) is 23.2 Å². The standard InChI is InChI=1S/C18H18Cl2FN3O2/c1-11(13-9-16(21)15(20)10-14(13)19)24-18(26)23-8-7-22-17(25)12-5-3-2-4-6-12/h2-6,9-11H,7-8H2,1H3,(H,22,25)(H2,23,24,26). The molecule has 1 unspecified atom stereocenters. The number of carbonyl (C=O) groups is 2. The number of urea groups is 1. The van der Waals surface area contributed by atoms with Crippen LogP contribution in [0, 0.1) is 5.82 Å². The zero-order valence-electron chi connectivity index (χ0n) is 14.0. The smallest absolute Gasteiger partial charge is 0.315 e. The largest absolute Gasteiger partial charge is 0.350 e. The quantitative estimate of drug-likeness (QED) is 0.510. The van der Waals surface area contributed by atoms with Crippen LogP contribution in [0.15, 0.2) is 42.5 Å². The Kier molecular flexibility index (Phi) is 7.24. The first-order chi connectivity index (χ1) is 12.4. The molecule has 2 aromatic rings. The summed E-state index contributed by atoms with van der Waals surface area (Å²) in [6.07, 6.45) is 0. The lowest BCUT2D eigenvalue weighted by Gasteiger charge is -2.17. The third-order valence-corrected chi connectivity index (χ3v) is 4.20. The molecule has 26 heavy (non-hydrogen) atoms. The summed E-state index contributed by atoms with van der Waals surface area (Å²) in [5.41, 5.74) is 0.964. The highest BCUT2D eigenvalue weighted by Crippen LogP contribution is 2.28. The van der Waals surface area contributed by atoms with Crippen molar-refractivity contribution in [3.63, 3.8) is 0 Å². The molecule has 0 aliphatic rings. The van der Waals surface area contributed by atoms with Crippen LogP contribution >= 0.6 is 23.2 Å². The van der Waals surface area contributed by atoms with Crippen molar-refractivity contribution in [1.82, 2.24) is 16.0 Å². The second kappa shape index (κ2) is 9.40. The maximum atomic E-state index is 13.6. The molecule has 3 N–H and O–H groups in total. The van der Waals surface area contributed by atoms with Crippen LogP contribution in [-0.4, -0.2) is 25.0 Å². The van der Waals surface area contributed by atoms with Crippen LogP contribution in [0.2, 0.25) is 10.0 Å². The van der Waals surface area contributed by atoms with E-state index in [9.17, 15) is 14.0 Å². The number of hydrogen-bond donors (Lipinski definition) is 3. The fourth-order valence-corrected chi connectivity index (χ4v) is 2.79. The maximum Gasteiger partial charge on any atom is 0.315 e. The highest BCUT2D eigenvalue weighted by Gasteiger charge is 2.15. The van der Waals surface area contributed by atoms with Crippen LogP contribution in [0.4, 0.5) is 9.18 Å². The van der Waals surface area contributed by atoms with Crippen molar-refractivity contribution in [2.75, 3.05) is 13.1 Å². The van der Waals surface area contributed by atoms with E-state index in [2.05, 4.69) is 16.0 Å². The Morgan fingerprint density at radius 1 is 1.04 bits per heavy atom. The summed E-state index contributed by atoms with van der Waals surface area (Å²) in [6.45, 7) is 2.18. The van der Waals surface area contributed by atoms with E-state index in [0.29, 0.717) is 11.1 Å². The van der Waals surface area contributed by atoms with Crippen LogP contribution in [0.1, 0.15) is 28.9 Å². The van der Waals surface area contributed by atoms with Gasteiger partial charge in [0, 0.05) is 23.7 Å². The third kappa shape index (κ3) is 5.61. The Hall–Kier alpha value is -2.31. The molecular weight excluding hydrogens is 380 g/mol. The Bertz CT molecular complexity index is 788. The number of halogens is 3. The number of carbonyl (C=O) groups excluding carboxylic acids is 2. The maximum absolute atomic E-state index is 13.6. The fourth-order valence-electron chi connectivity index (χ4n) is 2.24. The number of nitrogens with one attached hydrogen (secondary N) is 3. The van der Waals surface area contributed by atoms with Crippen molar-refractivity contribution in [2.45, 2.75) is 13.0 Å². The van der Waals surface area contributed by atoms with Gasteiger partial charge in [0.2, 0.25) is 0 Å². The van der Waals surface area contributed by atoms with Gasteiger partial charge in [-0.25, -0.2) is 9.18 Å². The fraction of sp³-hybridized carbons (Fsp3) is 0.222. The third-order valence-electron chi connectivity index (χ3n) is 3.59. The van der Waals surface area contributed by atoms with Gasteiger partial charge in [-0.05, 0) is 36.8 Å². The van der Waals surface area contributed by atoms with Crippen LogP contribution < -0.4 is 16.0 Å². The van der Waals surface area contributed by atoms with Gasteiger partial charge in [-0.3, -0.25) is 4.79 Å². The summed E-state index contributed by atoms with van der Waals surface area (Å²) in [4.78, 5) is 23.8. The molecule has 0 aliphatic carbocycles. The lowest BCUT2D eigenvalue weighted by molar-refractivity contribution is 0.0954. The van der Waals surface area contributed by atoms with Gasteiger partial charge in [-0.1, -0.05) is 41.4 Å². The molecule has 0 aromatic heterocycles. The van der Waals surface area contributed by atoms with Crippen molar-refractivity contribution in [2.24, 2.45) is 0 Å². The second-order valence-electron chi connectivity index (χ2n) is 5.53. The lowest BCUT2D eigenvalue weighted by atomic mass is 10.1. The Morgan fingerprint density at radius 2 is 1.69 bits per heavy atom. The second-order valence-corrected chi connectivity index (χ2v) is 6.35. The van der Waals surface area contributed by atoms with Crippen molar-refractivity contribution in [3.8, 4) is 0 Å². The molecule has 0 spiro atoms. The van der Waals surface area contributed by atoms with Crippen molar-refractivity contribution >= 4 is 35.1 Å². The molecule has 0 radical (unpaired) electrons. The van der Waals surface area contributed by atoms with Crippen molar-refractivity contribution in [1.29, 1.82) is 0 Å². The van der Waals surface area contributed by atoms with Crippen molar-refractivity contribution in [3.05, 3.63) is 69.5 Å². The average Bonchev–Trinajstić information content (AvgIpc) is 2.62. The summed E-state index contributed by atoms with van der Waals surface area (Å²) in [5.74, 6) is -0.826. The monoisotopic (exact) mass is 397 g/mol. The highest BCUT2D eigenvalue weighted by molar-refractivity contribution is 6.35. The molecule has 0 bridgehead atoms. The predicted molar refractivity (Wildman–Crippen MR) is 100 cm³/mol. The molecule has 0 saturated heterocycles. The molecule has 5 nitrogen and oxygen atoms in total. The summed E-state index contributed by atoms with van der Waals surface area (Å²) in [7, 11) is 0. The normalized spacial score (nSPS) is 11.5. The Morgan fingerprint density at radius 3 is 2.38 bits per heavy atom. The summed E-state index contributed by atoms with van der Waals surface area (Å²) in [5, 5.41) is 8.13. The molecule has 0 heterocycles. The summed E-state index contributed by atoms with van der Waals surface area (Å²) in [6, 6.07) is 10.3. The number of benzene rings is 2. The van der Waals surface area contributed by atoms with E-state index in [0.717, 1.165) is 0 Å². The molecule has 2 aromatic carbocycles. The molecule has 3 amide bonds. The predicted octanol–water partition coefficient (Wildman–Crippen LogP) is 3.92. The van der Waals surface area contributed by atoms with Crippen LogP contribution in [-0.2, 0) is 0 Å². The minimum atomic E-state index is -0.608. The molecule has 1 atom stereocenters. The Balaban J connectivity index is 1.77. The minimum absolute atomic E-state index is 0.0791. The van der Waals surface area contributed by atoms with Crippen LogP contribution in [0.3, 0.4) is 0 Å². The van der Waals surface area contributed by atoms with E-state index >= 15 is 0 Å². The van der Waals surface area contributed by atoms with E-state index in [-0.39, 0.29) is 29.0 Å². The molecule has 2 rings (SSSR count). The summed E-state index contributed by atoms with van der Waals surface area (Å²) < 4.78 is 13.6. The molecule has 8 heteroatoms. The zero-order chi connectivity index (χ0) is 19.1. The van der Waals surface area contributed by atoms with Crippen molar-refractivity contribution < 1.29 is 14.0 Å². The summed E-state index contributed by atoms with van der Waals surface area (Å²) >= 11 is 11.7. The van der Waals surface area contributed by atoms with E-state index in [1.54, 1.807) is 31.2 Å². The van der Waals surface area contributed by atoms with Gasteiger partial charge in [-0.2, -0.15) is 0 Å². The van der Waals surface area contributed by atoms with E-state index < -0.39 is 17.9 Å². The molecule has 138 valence electrons. The molecule has 0 fully saturated rings.